The summed E-state index contributed by atoms with van der Waals surface area (Å²) >= 11 is 6.11. The summed E-state index contributed by atoms with van der Waals surface area (Å²) in [4.78, 5) is 39.9. The van der Waals surface area contributed by atoms with Gasteiger partial charge in [0.1, 0.15) is 0 Å². The van der Waals surface area contributed by atoms with Crippen LogP contribution < -0.4 is 9.47 Å². The van der Waals surface area contributed by atoms with E-state index < -0.39 is 17.9 Å². The predicted molar refractivity (Wildman–Crippen MR) is 104 cm³/mol. The van der Waals surface area contributed by atoms with E-state index in [9.17, 15) is 14.4 Å². The van der Waals surface area contributed by atoms with Crippen molar-refractivity contribution in [2.24, 2.45) is 0 Å². The molecule has 0 amide bonds. The number of ether oxygens (including phenoxy) is 3. The van der Waals surface area contributed by atoms with Gasteiger partial charge in [0.05, 0.1) is 30.5 Å². The van der Waals surface area contributed by atoms with Crippen molar-refractivity contribution >= 4 is 29.1 Å². The number of hydrogen-bond donors (Lipinski definition) is 1. The summed E-state index contributed by atoms with van der Waals surface area (Å²) in [5, 5.41) is 0.176. The minimum Gasteiger partial charge on any atom is -0.493 e. The zero-order valence-electron chi connectivity index (χ0n) is 16.6. The van der Waals surface area contributed by atoms with Crippen LogP contribution in [0.1, 0.15) is 56.3 Å². The van der Waals surface area contributed by atoms with E-state index in [4.69, 9.17) is 25.8 Å². The Morgan fingerprint density at radius 2 is 1.75 bits per heavy atom. The van der Waals surface area contributed by atoms with Gasteiger partial charge in [-0.25, -0.2) is 4.79 Å². The van der Waals surface area contributed by atoms with E-state index in [1.807, 2.05) is 0 Å². The first-order valence-corrected chi connectivity index (χ1v) is 8.86. The number of esters is 1. The number of methoxy groups -OCH3 is 2. The number of ketones is 2. The maximum atomic E-state index is 12.7. The SMILES string of the molecule is COc1cc(C(=O)OC(C)C(=O)c2[nH]c(C)c(C(C)=O)c2C)cc(Cl)c1OC. The average Bonchev–Trinajstić information content (AvgIpc) is 2.94. The first kappa shape index (κ1) is 21.5. The van der Waals surface area contributed by atoms with Gasteiger partial charge in [-0.1, -0.05) is 11.6 Å². The van der Waals surface area contributed by atoms with Gasteiger partial charge in [-0.2, -0.15) is 0 Å². The molecule has 0 bridgehead atoms. The number of H-pyrrole nitrogens is 1. The van der Waals surface area contributed by atoms with Crippen LogP contribution in [0.4, 0.5) is 0 Å². The quantitative estimate of drug-likeness (QED) is 0.552. The Kier molecular flexibility index (Phi) is 6.51. The van der Waals surface area contributed by atoms with Crippen molar-refractivity contribution in [3.05, 3.63) is 45.2 Å². The largest absolute Gasteiger partial charge is 0.493 e. The van der Waals surface area contributed by atoms with Crippen LogP contribution in [0.3, 0.4) is 0 Å². The fourth-order valence-electron chi connectivity index (χ4n) is 3.05. The third-order valence-corrected chi connectivity index (χ3v) is 4.64. The second-order valence-corrected chi connectivity index (χ2v) is 6.69. The Bertz CT molecular complexity index is 947. The van der Waals surface area contributed by atoms with Gasteiger partial charge in [-0.05, 0) is 45.4 Å². The molecule has 1 atom stereocenters. The Morgan fingerprint density at radius 3 is 2.25 bits per heavy atom. The summed E-state index contributed by atoms with van der Waals surface area (Å²) in [6.07, 6.45) is -1.07. The number of nitrogens with one attached hydrogen (secondary N) is 1. The van der Waals surface area contributed by atoms with E-state index in [2.05, 4.69) is 4.98 Å². The van der Waals surface area contributed by atoms with Gasteiger partial charge < -0.3 is 19.2 Å². The minimum atomic E-state index is -1.07. The van der Waals surface area contributed by atoms with Gasteiger partial charge in [0.2, 0.25) is 5.78 Å². The number of hydrogen-bond acceptors (Lipinski definition) is 6. The minimum absolute atomic E-state index is 0.117. The van der Waals surface area contributed by atoms with Gasteiger partial charge in [0.25, 0.3) is 0 Å². The molecule has 0 saturated carbocycles. The average molecular weight is 408 g/mol. The Labute approximate surface area is 167 Å². The van der Waals surface area contributed by atoms with Gasteiger partial charge in [-0.3, -0.25) is 9.59 Å². The molecule has 150 valence electrons. The number of benzene rings is 1. The Hall–Kier alpha value is -2.80. The van der Waals surface area contributed by atoms with Crippen molar-refractivity contribution in [1.82, 2.24) is 4.98 Å². The normalized spacial score (nSPS) is 11.7. The second-order valence-electron chi connectivity index (χ2n) is 6.29. The van der Waals surface area contributed by atoms with E-state index >= 15 is 0 Å². The number of aromatic amines is 1. The van der Waals surface area contributed by atoms with E-state index in [-0.39, 0.29) is 27.8 Å². The lowest BCUT2D eigenvalue weighted by Gasteiger charge is -2.14. The molecule has 1 unspecified atom stereocenters. The number of Topliss-reactive ketones (excluding diaryl/α,β-unsaturated/α-hetero) is 2. The number of carbonyl (C=O) groups excluding carboxylic acids is 3. The third-order valence-electron chi connectivity index (χ3n) is 4.36. The molecule has 1 N–H and O–H groups in total. The smallest absolute Gasteiger partial charge is 0.339 e. The van der Waals surface area contributed by atoms with Crippen LogP contribution in [-0.4, -0.2) is 42.8 Å². The summed E-state index contributed by atoms with van der Waals surface area (Å²) in [6.45, 7) is 6.28. The number of rotatable bonds is 7. The molecule has 28 heavy (non-hydrogen) atoms. The molecule has 1 heterocycles. The molecule has 0 saturated heterocycles. The molecule has 1 aromatic heterocycles. The first-order chi connectivity index (χ1) is 13.1. The first-order valence-electron chi connectivity index (χ1n) is 8.49. The zero-order chi connectivity index (χ0) is 21.2. The van der Waals surface area contributed by atoms with E-state index in [1.54, 1.807) is 13.8 Å². The van der Waals surface area contributed by atoms with Gasteiger partial charge in [0, 0.05) is 11.3 Å². The van der Waals surface area contributed by atoms with Crippen LogP contribution in [0, 0.1) is 13.8 Å². The summed E-state index contributed by atoms with van der Waals surface area (Å²) in [6, 6.07) is 2.79. The molecular formula is C20H22ClNO6. The Morgan fingerprint density at radius 1 is 1.11 bits per heavy atom. The van der Waals surface area contributed by atoms with Crippen LogP contribution in [0.15, 0.2) is 12.1 Å². The van der Waals surface area contributed by atoms with Crippen molar-refractivity contribution in [2.45, 2.75) is 33.8 Å². The number of aromatic nitrogens is 1. The van der Waals surface area contributed by atoms with Gasteiger partial charge in [-0.15, -0.1) is 0 Å². The summed E-state index contributed by atoms with van der Waals surface area (Å²) in [5.74, 6) is -0.763. The monoisotopic (exact) mass is 407 g/mol. The molecule has 0 aliphatic heterocycles. The number of aryl methyl sites for hydroxylation is 1. The maximum absolute atomic E-state index is 12.7. The number of carbonyl (C=O) groups is 3. The summed E-state index contributed by atoms with van der Waals surface area (Å²) < 4.78 is 15.6. The van der Waals surface area contributed by atoms with E-state index in [0.717, 1.165) is 0 Å². The van der Waals surface area contributed by atoms with Crippen LogP contribution in [0.5, 0.6) is 11.5 Å². The lowest BCUT2D eigenvalue weighted by molar-refractivity contribution is 0.0316. The molecule has 0 radical (unpaired) electrons. The fraction of sp³-hybridized carbons (Fsp3) is 0.350. The molecule has 0 aliphatic carbocycles. The van der Waals surface area contributed by atoms with Gasteiger partial charge >= 0.3 is 5.97 Å². The van der Waals surface area contributed by atoms with Crippen LogP contribution >= 0.6 is 11.6 Å². The molecule has 0 fully saturated rings. The van der Waals surface area contributed by atoms with Crippen molar-refractivity contribution in [2.75, 3.05) is 14.2 Å². The molecule has 2 rings (SSSR count). The van der Waals surface area contributed by atoms with Crippen LogP contribution in [0.25, 0.3) is 0 Å². The van der Waals surface area contributed by atoms with Gasteiger partial charge in [0.15, 0.2) is 23.4 Å². The standard InChI is InChI=1S/C20H22ClNO6/c1-9-16(11(3)23)10(2)22-17(9)18(24)12(4)28-20(25)13-7-14(21)19(27-6)15(8-13)26-5/h7-8,12,22H,1-6H3. The highest BCUT2D eigenvalue weighted by molar-refractivity contribution is 6.32. The lowest BCUT2D eigenvalue weighted by atomic mass is 10.0. The van der Waals surface area contributed by atoms with E-state index in [1.165, 1.54) is 40.2 Å². The molecule has 8 heteroatoms. The maximum Gasteiger partial charge on any atom is 0.339 e. The van der Waals surface area contributed by atoms with Crippen molar-refractivity contribution in [1.29, 1.82) is 0 Å². The highest BCUT2D eigenvalue weighted by Crippen LogP contribution is 2.36. The van der Waals surface area contributed by atoms with Crippen LogP contribution in [-0.2, 0) is 4.74 Å². The summed E-state index contributed by atoms with van der Waals surface area (Å²) in [7, 11) is 2.84. The number of halogens is 1. The van der Waals surface area contributed by atoms with Crippen LogP contribution in [0.2, 0.25) is 5.02 Å². The molecular weight excluding hydrogens is 386 g/mol. The zero-order valence-corrected chi connectivity index (χ0v) is 17.3. The fourth-order valence-corrected chi connectivity index (χ4v) is 3.33. The molecule has 0 spiro atoms. The highest BCUT2D eigenvalue weighted by Gasteiger charge is 2.27. The summed E-state index contributed by atoms with van der Waals surface area (Å²) in [5.41, 5.74) is 1.96. The lowest BCUT2D eigenvalue weighted by Crippen LogP contribution is -2.25. The third kappa shape index (κ3) is 4.04. The Balaban J connectivity index is 2.26. The second kappa shape index (κ2) is 8.48. The van der Waals surface area contributed by atoms with Crippen molar-refractivity contribution in [3.8, 4) is 11.5 Å². The van der Waals surface area contributed by atoms with E-state index in [0.29, 0.717) is 22.6 Å². The van der Waals surface area contributed by atoms with Crippen molar-refractivity contribution < 1.29 is 28.6 Å². The topological polar surface area (TPSA) is 94.7 Å². The molecule has 7 nitrogen and oxygen atoms in total. The predicted octanol–water partition coefficient (Wildman–Crippen LogP) is 3.93. The molecule has 0 aliphatic rings. The molecule has 1 aromatic carbocycles. The highest BCUT2D eigenvalue weighted by atomic mass is 35.5. The van der Waals surface area contributed by atoms with Crippen molar-refractivity contribution in [3.63, 3.8) is 0 Å². The molecule has 2 aromatic rings.